The predicted molar refractivity (Wildman–Crippen MR) is 67.6 cm³/mol. The molecule has 0 saturated heterocycles. The zero-order chi connectivity index (χ0) is 11.5. The summed E-state index contributed by atoms with van der Waals surface area (Å²) in [4.78, 5) is 9.37. The minimum absolute atomic E-state index is 0.347. The van der Waals surface area contributed by atoms with Crippen molar-refractivity contribution in [2.75, 3.05) is 0 Å². The normalized spacial score (nSPS) is 10.4. The molecular weight excluding hydrogens is 287 g/mol. The van der Waals surface area contributed by atoms with Crippen molar-refractivity contribution in [2.24, 2.45) is 0 Å². The van der Waals surface area contributed by atoms with Gasteiger partial charge in [0, 0.05) is 9.92 Å². The first-order valence-corrected chi connectivity index (χ1v) is 6.21. The van der Waals surface area contributed by atoms with E-state index in [1.165, 1.54) is 18.1 Å². The monoisotopic (exact) mass is 290 g/mol. The zero-order valence-electron chi connectivity index (χ0n) is 7.82. The largest absolute Gasteiger partial charge is 0.223 e. The Morgan fingerprint density at radius 2 is 1.44 bits per heavy atom. The van der Waals surface area contributed by atoms with Gasteiger partial charge in [-0.1, -0.05) is 46.6 Å². The molecule has 0 amide bonds. The molecule has 0 radical (unpaired) electrons. The van der Waals surface area contributed by atoms with Crippen molar-refractivity contribution >= 4 is 46.6 Å². The molecule has 1 aromatic heterocycles. The van der Waals surface area contributed by atoms with Gasteiger partial charge in [0.05, 0.1) is 4.90 Å². The van der Waals surface area contributed by atoms with Crippen molar-refractivity contribution in [3.05, 3.63) is 45.9 Å². The van der Waals surface area contributed by atoms with E-state index in [1.807, 2.05) is 12.1 Å². The minimum Gasteiger partial charge on any atom is -0.223 e. The summed E-state index contributed by atoms with van der Waals surface area (Å²) in [7, 11) is 0. The smallest absolute Gasteiger partial charge is 0.147 e. The maximum Gasteiger partial charge on any atom is 0.147 e. The summed E-state index contributed by atoms with van der Waals surface area (Å²) in [5, 5.41) is 1.38. The van der Waals surface area contributed by atoms with E-state index in [9.17, 15) is 0 Å². The van der Waals surface area contributed by atoms with E-state index in [0.717, 1.165) is 4.90 Å². The van der Waals surface area contributed by atoms with Crippen LogP contribution in [0.25, 0.3) is 0 Å². The van der Waals surface area contributed by atoms with Gasteiger partial charge in [-0.25, -0.2) is 9.97 Å². The van der Waals surface area contributed by atoms with Gasteiger partial charge in [0.1, 0.15) is 16.6 Å². The fourth-order valence-corrected chi connectivity index (χ4v) is 2.49. The first kappa shape index (κ1) is 12.0. The zero-order valence-corrected chi connectivity index (χ0v) is 10.9. The van der Waals surface area contributed by atoms with E-state index >= 15 is 0 Å². The van der Waals surface area contributed by atoms with Gasteiger partial charge in [-0.2, -0.15) is 0 Å². The molecule has 16 heavy (non-hydrogen) atoms. The Morgan fingerprint density at radius 3 is 2.00 bits per heavy atom. The lowest BCUT2D eigenvalue weighted by atomic mass is 10.4. The van der Waals surface area contributed by atoms with Gasteiger partial charge in [-0.3, -0.25) is 0 Å². The lowest BCUT2D eigenvalue weighted by molar-refractivity contribution is 1.10. The van der Waals surface area contributed by atoms with Gasteiger partial charge in [0.15, 0.2) is 0 Å². The van der Waals surface area contributed by atoms with Crippen molar-refractivity contribution in [3.63, 3.8) is 0 Å². The van der Waals surface area contributed by atoms with Crippen molar-refractivity contribution < 1.29 is 0 Å². The molecule has 2 aromatic rings. The van der Waals surface area contributed by atoms with Crippen molar-refractivity contribution in [3.8, 4) is 0 Å². The quantitative estimate of drug-likeness (QED) is 0.757. The fourth-order valence-electron chi connectivity index (χ4n) is 1.04. The predicted octanol–water partition coefficient (Wildman–Crippen LogP) is 4.59. The van der Waals surface area contributed by atoms with Crippen molar-refractivity contribution in [1.29, 1.82) is 0 Å². The third kappa shape index (κ3) is 2.80. The molecule has 0 spiro atoms. The molecule has 82 valence electrons. The molecule has 0 unspecified atom stereocenters. The summed E-state index contributed by atoms with van der Waals surface area (Å²) in [5.74, 6) is 0. The number of nitrogens with zero attached hydrogens (tertiary/aromatic N) is 2. The van der Waals surface area contributed by atoms with Gasteiger partial charge < -0.3 is 0 Å². The molecular formula is C10H5Cl3N2S. The van der Waals surface area contributed by atoms with E-state index in [1.54, 1.807) is 12.1 Å². The van der Waals surface area contributed by atoms with Gasteiger partial charge in [-0.05, 0) is 24.3 Å². The van der Waals surface area contributed by atoms with Gasteiger partial charge in [-0.15, -0.1) is 0 Å². The maximum atomic E-state index is 5.93. The first-order chi connectivity index (χ1) is 7.66. The van der Waals surface area contributed by atoms with Crippen LogP contribution in [0.1, 0.15) is 0 Å². The van der Waals surface area contributed by atoms with Crippen LogP contribution in [0.2, 0.25) is 15.3 Å². The molecule has 0 fully saturated rings. The average Bonchev–Trinajstić information content (AvgIpc) is 2.26. The van der Waals surface area contributed by atoms with Crippen LogP contribution in [0.4, 0.5) is 0 Å². The Morgan fingerprint density at radius 1 is 0.875 bits per heavy atom. The minimum atomic E-state index is 0.347. The number of benzene rings is 1. The third-order valence-corrected chi connectivity index (χ3v) is 3.90. The number of hydrogen-bond acceptors (Lipinski definition) is 3. The molecule has 2 nitrogen and oxygen atoms in total. The first-order valence-electron chi connectivity index (χ1n) is 4.26. The maximum absolute atomic E-state index is 5.93. The Bertz CT molecular complexity index is 482. The topological polar surface area (TPSA) is 25.8 Å². The molecule has 0 atom stereocenters. The molecule has 0 saturated carbocycles. The van der Waals surface area contributed by atoms with E-state index in [-0.39, 0.29) is 0 Å². The third-order valence-electron chi connectivity index (χ3n) is 1.75. The highest BCUT2D eigenvalue weighted by atomic mass is 35.5. The van der Waals surface area contributed by atoms with E-state index in [0.29, 0.717) is 20.2 Å². The van der Waals surface area contributed by atoms with Crippen LogP contribution in [0, 0.1) is 0 Å². The Hall–Kier alpha value is -0.480. The Labute approximate surface area is 112 Å². The van der Waals surface area contributed by atoms with Gasteiger partial charge in [0.25, 0.3) is 0 Å². The molecule has 0 aliphatic carbocycles. The standard InChI is InChI=1S/C10H5Cl3N2S/c11-6-1-3-7(4-2-6)16-8-9(12)14-5-15-10(8)13/h1-5H. The van der Waals surface area contributed by atoms with Crippen LogP contribution in [-0.2, 0) is 0 Å². The molecule has 0 N–H and O–H groups in total. The van der Waals surface area contributed by atoms with Crippen LogP contribution in [0.5, 0.6) is 0 Å². The molecule has 6 heteroatoms. The van der Waals surface area contributed by atoms with Gasteiger partial charge >= 0.3 is 0 Å². The highest BCUT2D eigenvalue weighted by Gasteiger charge is 2.09. The number of hydrogen-bond donors (Lipinski definition) is 0. The van der Waals surface area contributed by atoms with Crippen LogP contribution in [0.3, 0.4) is 0 Å². The van der Waals surface area contributed by atoms with E-state index < -0.39 is 0 Å². The number of rotatable bonds is 2. The average molecular weight is 292 g/mol. The molecule has 0 aliphatic rings. The van der Waals surface area contributed by atoms with E-state index in [4.69, 9.17) is 34.8 Å². The summed E-state index contributed by atoms with van der Waals surface area (Å²) < 4.78 is 0. The second kappa shape index (κ2) is 5.23. The van der Waals surface area contributed by atoms with Crippen molar-refractivity contribution in [2.45, 2.75) is 9.79 Å². The van der Waals surface area contributed by atoms with Crippen LogP contribution < -0.4 is 0 Å². The van der Waals surface area contributed by atoms with Crippen LogP contribution >= 0.6 is 46.6 Å². The lowest BCUT2D eigenvalue weighted by Crippen LogP contribution is -1.85. The van der Waals surface area contributed by atoms with Crippen LogP contribution in [-0.4, -0.2) is 9.97 Å². The molecule has 2 rings (SSSR count). The summed E-state index contributed by atoms with van der Waals surface area (Å²) in [6, 6.07) is 7.37. The lowest BCUT2D eigenvalue weighted by Gasteiger charge is -2.04. The SMILES string of the molecule is Clc1ccc(Sc2c(Cl)ncnc2Cl)cc1. The number of halogens is 3. The van der Waals surface area contributed by atoms with Crippen molar-refractivity contribution in [1.82, 2.24) is 9.97 Å². The Kier molecular flexibility index (Phi) is 3.92. The highest BCUT2D eigenvalue weighted by Crippen LogP contribution is 2.36. The Balaban J connectivity index is 2.30. The molecule has 0 bridgehead atoms. The van der Waals surface area contributed by atoms with E-state index in [2.05, 4.69) is 9.97 Å². The van der Waals surface area contributed by atoms with Crippen LogP contribution in [0.15, 0.2) is 40.4 Å². The molecule has 1 aromatic carbocycles. The number of aromatic nitrogens is 2. The second-order valence-corrected chi connectivity index (χ2v) is 5.08. The summed E-state index contributed by atoms with van der Waals surface area (Å²) >= 11 is 19.0. The molecule has 1 heterocycles. The highest BCUT2D eigenvalue weighted by molar-refractivity contribution is 7.99. The fraction of sp³-hybridized carbons (Fsp3) is 0. The summed E-state index contributed by atoms with van der Waals surface area (Å²) in [6.45, 7) is 0. The summed E-state index contributed by atoms with van der Waals surface area (Å²) in [5.41, 5.74) is 0. The molecule has 0 aliphatic heterocycles. The van der Waals surface area contributed by atoms with Gasteiger partial charge in [0.2, 0.25) is 0 Å². The second-order valence-electron chi connectivity index (χ2n) is 2.84. The summed E-state index contributed by atoms with van der Waals surface area (Å²) in [6.07, 6.45) is 1.33.